The quantitative estimate of drug-likeness (QED) is 0.279. The predicted octanol–water partition coefficient (Wildman–Crippen LogP) is 3.49. The number of hydrogen-bond acceptors (Lipinski definition) is 10. The summed E-state index contributed by atoms with van der Waals surface area (Å²) in [5.74, 6) is 0.777. The van der Waals surface area contributed by atoms with Crippen molar-refractivity contribution in [3.8, 4) is 11.5 Å². The molecule has 0 radical (unpaired) electrons. The zero-order chi connectivity index (χ0) is 30.2. The lowest BCUT2D eigenvalue weighted by molar-refractivity contribution is -0.114. The van der Waals surface area contributed by atoms with E-state index in [-0.39, 0.29) is 36.5 Å². The number of amides is 2. The van der Waals surface area contributed by atoms with E-state index in [9.17, 15) is 14.0 Å². The number of fused-ring (bicyclic) bond motifs is 3. The number of amidine groups is 1. The third kappa shape index (κ3) is 5.35. The molecule has 44 heavy (non-hydrogen) atoms. The van der Waals surface area contributed by atoms with Crippen molar-refractivity contribution < 1.29 is 18.4 Å². The van der Waals surface area contributed by atoms with Crippen molar-refractivity contribution in [1.29, 1.82) is 0 Å². The summed E-state index contributed by atoms with van der Waals surface area (Å²) in [4.78, 5) is 38.8. The lowest BCUT2D eigenvalue weighted by Gasteiger charge is -2.44. The van der Waals surface area contributed by atoms with Crippen molar-refractivity contribution in [2.45, 2.75) is 37.9 Å². The number of hydrazine groups is 2. The van der Waals surface area contributed by atoms with Crippen molar-refractivity contribution in [2.24, 2.45) is 5.10 Å². The number of carbonyl (C=O) groups excluding carboxylic acids is 2. The van der Waals surface area contributed by atoms with E-state index >= 15 is 0 Å². The zero-order valence-electron chi connectivity index (χ0n) is 24.1. The van der Waals surface area contributed by atoms with Gasteiger partial charge in [0.15, 0.2) is 11.4 Å². The molecule has 2 fully saturated rings. The molecule has 4 aromatic rings. The summed E-state index contributed by atoms with van der Waals surface area (Å²) in [6.07, 6.45) is 3.38. The van der Waals surface area contributed by atoms with Crippen LogP contribution in [-0.4, -0.2) is 80.9 Å². The Kier molecular flexibility index (Phi) is 7.40. The van der Waals surface area contributed by atoms with Crippen LogP contribution in [-0.2, 0) is 4.79 Å². The fraction of sp³-hybridized carbons (Fsp3) is 0.323. The van der Waals surface area contributed by atoms with Gasteiger partial charge in [-0.05, 0) is 48.7 Å². The number of likely N-dealkylation sites (tertiary alicyclic amines) is 1. The van der Waals surface area contributed by atoms with E-state index in [4.69, 9.17) is 4.42 Å². The van der Waals surface area contributed by atoms with E-state index in [2.05, 4.69) is 48.4 Å². The minimum atomic E-state index is -0.509. The van der Waals surface area contributed by atoms with Gasteiger partial charge in [0.05, 0.1) is 12.6 Å². The molecule has 3 unspecified atom stereocenters. The first kappa shape index (κ1) is 27.9. The summed E-state index contributed by atoms with van der Waals surface area (Å²) >= 11 is 0. The van der Waals surface area contributed by atoms with E-state index in [0.717, 1.165) is 18.4 Å². The molecule has 3 N–H and O–H groups in total. The topological polar surface area (TPSA) is 131 Å². The van der Waals surface area contributed by atoms with Gasteiger partial charge in [-0.25, -0.2) is 14.9 Å². The second-order valence-electron chi connectivity index (χ2n) is 11.2. The van der Waals surface area contributed by atoms with Gasteiger partial charge in [-0.15, -0.1) is 10.2 Å². The van der Waals surface area contributed by atoms with Crippen molar-refractivity contribution >= 4 is 34.4 Å². The molecule has 5 heterocycles. The van der Waals surface area contributed by atoms with E-state index in [1.54, 1.807) is 36.5 Å². The molecule has 2 bridgehead atoms. The lowest BCUT2D eigenvalue weighted by atomic mass is 10.0. The second kappa shape index (κ2) is 11.7. The Bertz CT molecular complexity index is 1710. The summed E-state index contributed by atoms with van der Waals surface area (Å²) < 4.78 is 19.0. The molecular weight excluding hydrogens is 565 g/mol. The van der Waals surface area contributed by atoms with Crippen LogP contribution in [0, 0.1) is 0 Å². The van der Waals surface area contributed by atoms with Crippen molar-refractivity contribution in [3.05, 3.63) is 78.1 Å². The first-order valence-electron chi connectivity index (χ1n) is 14.7. The number of nitrogens with zero attached hydrogens (tertiary/aromatic N) is 6. The fourth-order valence-corrected chi connectivity index (χ4v) is 6.41. The van der Waals surface area contributed by atoms with Crippen molar-refractivity contribution in [3.63, 3.8) is 0 Å². The molecule has 13 heteroatoms. The number of benzene rings is 2. The Balaban J connectivity index is 1.11. The minimum absolute atomic E-state index is 0.00588. The van der Waals surface area contributed by atoms with Gasteiger partial charge in [0.2, 0.25) is 11.8 Å². The monoisotopic (exact) mass is 597 g/mol. The largest absolute Gasteiger partial charge is 0.436 e. The van der Waals surface area contributed by atoms with Gasteiger partial charge in [-0.3, -0.25) is 24.9 Å². The maximum Gasteiger partial charge on any atom is 0.273 e. The van der Waals surface area contributed by atoms with E-state index in [1.807, 2.05) is 23.1 Å². The number of alkyl halides is 1. The maximum atomic E-state index is 13.9. The number of pyridine rings is 1. The number of anilines is 1. The third-order valence-electron chi connectivity index (χ3n) is 8.27. The highest BCUT2D eigenvalue weighted by atomic mass is 19.1. The number of oxazole rings is 1. The highest BCUT2D eigenvalue weighted by Gasteiger charge is 2.46. The minimum Gasteiger partial charge on any atom is -0.436 e. The van der Waals surface area contributed by atoms with Crippen LogP contribution < -0.4 is 16.3 Å². The fourth-order valence-electron chi connectivity index (χ4n) is 6.41. The molecule has 0 aliphatic carbocycles. The first-order valence-corrected chi connectivity index (χ1v) is 14.7. The van der Waals surface area contributed by atoms with Gasteiger partial charge in [0.25, 0.3) is 5.91 Å². The average Bonchev–Trinajstić information content (AvgIpc) is 3.73. The molecule has 0 spiro atoms. The Morgan fingerprint density at radius 2 is 1.89 bits per heavy atom. The molecule has 7 rings (SSSR count). The molecule has 2 saturated heterocycles. The number of rotatable bonds is 8. The lowest BCUT2D eigenvalue weighted by Crippen LogP contribution is -2.58. The molecule has 3 aliphatic heterocycles. The van der Waals surface area contributed by atoms with Gasteiger partial charge in [0, 0.05) is 49.5 Å². The van der Waals surface area contributed by atoms with Crippen molar-refractivity contribution in [1.82, 2.24) is 35.8 Å². The Morgan fingerprint density at radius 1 is 1.09 bits per heavy atom. The summed E-state index contributed by atoms with van der Waals surface area (Å²) in [5.41, 5.74) is 9.92. The van der Waals surface area contributed by atoms with Crippen LogP contribution in [0.5, 0.6) is 0 Å². The standard InChI is InChI=1S/C31H32FN9O3/c1-19(42)34-22-7-10-27-25(16-22)35-30(44-27)21-11-13-33-26(15-21)31(43)41-23-8-9-24(41)18-39(17-23)28(20-5-3-2-4-6-20)29-36-38-40(37-29)14-12-32/h2-7,10-11,13,15-16,23-24,28,38H,8-9,12,14,17-18H2,1H3,(H,34,42)(H,36,37). The molecule has 0 saturated carbocycles. The number of piperazine rings is 1. The Labute approximate surface area is 252 Å². The van der Waals surface area contributed by atoms with E-state index < -0.39 is 6.67 Å². The van der Waals surface area contributed by atoms with Gasteiger partial charge in [-0.1, -0.05) is 30.3 Å². The molecule has 2 aromatic heterocycles. The highest BCUT2D eigenvalue weighted by molar-refractivity contribution is 5.95. The molecular formula is C31H32FN9O3. The number of hydrazone groups is 1. The molecule has 2 aromatic carbocycles. The van der Waals surface area contributed by atoms with Crippen LogP contribution >= 0.6 is 0 Å². The Morgan fingerprint density at radius 3 is 2.64 bits per heavy atom. The molecule has 2 amide bonds. The molecule has 12 nitrogen and oxygen atoms in total. The number of aromatic nitrogens is 2. The highest BCUT2D eigenvalue weighted by Crippen LogP contribution is 2.36. The van der Waals surface area contributed by atoms with Crippen LogP contribution in [0.2, 0.25) is 0 Å². The van der Waals surface area contributed by atoms with Gasteiger partial charge in [0.1, 0.15) is 17.9 Å². The third-order valence-corrected chi connectivity index (χ3v) is 8.27. The smallest absolute Gasteiger partial charge is 0.273 e. The average molecular weight is 598 g/mol. The number of carbonyl (C=O) groups is 2. The van der Waals surface area contributed by atoms with E-state index in [0.29, 0.717) is 52.9 Å². The molecule has 3 atom stereocenters. The number of hydrogen-bond donors (Lipinski definition) is 3. The zero-order valence-corrected chi connectivity index (χ0v) is 24.1. The maximum absolute atomic E-state index is 13.9. The van der Waals surface area contributed by atoms with Gasteiger partial charge >= 0.3 is 0 Å². The van der Waals surface area contributed by atoms with Crippen molar-refractivity contribution in [2.75, 3.05) is 31.6 Å². The normalized spacial score (nSPS) is 20.7. The second-order valence-corrected chi connectivity index (χ2v) is 11.2. The first-order chi connectivity index (χ1) is 21.5. The predicted molar refractivity (Wildman–Crippen MR) is 162 cm³/mol. The summed E-state index contributed by atoms with van der Waals surface area (Å²) in [6.45, 7) is 2.42. The number of nitrogens with one attached hydrogen (secondary N) is 3. The Hall–Kier alpha value is -4.88. The van der Waals surface area contributed by atoms with Crippen LogP contribution in [0.15, 0.2) is 76.4 Å². The van der Waals surface area contributed by atoms with Crippen LogP contribution in [0.1, 0.15) is 41.9 Å². The van der Waals surface area contributed by atoms with Gasteiger partial charge < -0.3 is 14.6 Å². The number of halogens is 1. The molecule has 226 valence electrons. The van der Waals surface area contributed by atoms with Crippen LogP contribution in [0.3, 0.4) is 0 Å². The summed E-state index contributed by atoms with van der Waals surface area (Å²) in [6, 6.07) is 18.7. The van der Waals surface area contributed by atoms with E-state index in [1.165, 1.54) is 12.0 Å². The molecule has 3 aliphatic rings. The van der Waals surface area contributed by atoms with Crippen LogP contribution in [0.4, 0.5) is 10.1 Å². The van der Waals surface area contributed by atoms with Gasteiger partial charge in [-0.2, -0.15) is 0 Å². The van der Waals surface area contributed by atoms with Crippen LogP contribution in [0.25, 0.3) is 22.6 Å². The SMILES string of the molecule is CC(=O)Nc1ccc2oc(-c3ccnc(C(=O)N4C5CCC4CN(C(C4=NNN(CCF)N4)c4ccccc4)C5)c3)nc2c1. The summed E-state index contributed by atoms with van der Waals surface area (Å²) in [7, 11) is 0. The summed E-state index contributed by atoms with van der Waals surface area (Å²) in [5, 5.41) is 8.77.